The van der Waals surface area contributed by atoms with E-state index in [1.165, 1.54) is 0 Å². The fourth-order valence-electron chi connectivity index (χ4n) is 2.76. The number of hydrogen-bond donors (Lipinski definition) is 2. The van der Waals surface area contributed by atoms with Crippen LogP contribution in [0.5, 0.6) is 23.0 Å². The number of fused-ring (bicyclic) bond motifs is 1. The molecule has 0 amide bonds. The lowest BCUT2D eigenvalue weighted by Gasteiger charge is -2.13. The van der Waals surface area contributed by atoms with E-state index in [4.69, 9.17) is 20.9 Å². The molecule has 0 fully saturated rings. The summed E-state index contributed by atoms with van der Waals surface area (Å²) in [4.78, 5) is 0. The van der Waals surface area contributed by atoms with Crippen LogP contribution in [0.1, 0.15) is 0 Å². The molecule has 0 heterocycles. The zero-order valence-electron chi connectivity index (χ0n) is 14.1. The molecular formula is C22H18N2O2. The first-order valence-electron chi connectivity index (χ1n) is 8.27. The zero-order valence-corrected chi connectivity index (χ0v) is 14.1. The van der Waals surface area contributed by atoms with E-state index in [2.05, 4.69) is 0 Å². The van der Waals surface area contributed by atoms with E-state index in [1.54, 1.807) is 0 Å². The average molecular weight is 342 g/mol. The summed E-state index contributed by atoms with van der Waals surface area (Å²) in [5.41, 5.74) is 12.9. The van der Waals surface area contributed by atoms with Gasteiger partial charge < -0.3 is 20.9 Å². The molecule has 4 aromatic carbocycles. The van der Waals surface area contributed by atoms with Crippen LogP contribution < -0.4 is 20.9 Å². The molecule has 4 N–H and O–H groups in total. The molecule has 4 aromatic rings. The quantitative estimate of drug-likeness (QED) is 0.474. The van der Waals surface area contributed by atoms with E-state index < -0.39 is 0 Å². The summed E-state index contributed by atoms with van der Waals surface area (Å²) in [5.74, 6) is 2.98. The third-order valence-corrected chi connectivity index (χ3v) is 4.06. The van der Waals surface area contributed by atoms with E-state index >= 15 is 0 Å². The fourth-order valence-corrected chi connectivity index (χ4v) is 2.76. The van der Waals surface area contributed by atoms with Crippen LogP contribution in [0.3, 0.4) is 0 Å². The van der Waals surface area contributed by atoms with Gasteiger partial charge in [0, 0.05) is 22.1 Å². The van der Waals surface area contributed by atoms with Crippen molar-refractivity contribution >= 4 is 22.1 Å². The molecule has 0 atom stereocenters. The smallest absolute Gasteiger partial charge is 0.135 e. The molecule has 0 aliphatic rings. The Morgan fingerprint density at radius 2 is 0.846 bits per heavy atom. The lowest BCUT2D eigenvalue weighted by atomic mass is 10.1. The van der Waals surface area contributed by atoms with Crippen molar-refractivity contribution in [3.8, 4) is 23.0 Å². The van der Waals surface area contributed by atoms with Crippen molar-refractivity contribution in [3.63, 3.8) is 0 Å². The van der Waals surface area contributed by atoms with Crippen molar-refractivity contribution in [1.29, 1.82) is 0 Å². The van der Waals surface area contributed by atoms with Gasteiger partial charge in [-0.25, -0.2) is 0 Å². The van der Waals surface area contributed by atoms with Crippen LogP contribution in [-0.2, 0) is 0 Å². The molecule has 4 nitrogen and oxygen atoms in total. The van der Waals surface area contributed by atoms with Crippen LogP contribution in [0.25, 0.3) is 10.8 Å². The first-order valence-corrected chi connectivity index (χ1v) is 8.27. The van der Waals surface area contributed by atoms with Gasteiger partial charge in [-0.2, -0.15) is 0 Å². The van der Waals surface area contributed by atoms with Crippen molar-refractivity contribution in [2.75, 3.05) is 11.5 Å². The van der Waals surface area contributed by atoms with Gasteiger partial charge in [-0.05, 0) is 60.7 Å². The number of ether oxygens (including phenoxy) is 2. The van der Waals surface area contributed by atoms with Gasteiger partial charge in [0.05, 0.1) is 0 Å². The highest BCUT2D eigenvalue weighted by Gasteiger charge is 2.08. The summed E-state index contributed by atoms with van der Waals surface area (Å²) in [5, 5.41) is 1.94. The maximum absolute atomic E-state index is 6.04. The molecule has 0 saturated heterocycles. The Bertz CT molecular complexity index is 955. The molecule has 128 valence electrons. The maximum atomic E-state index is 6.04. The minimum absolute atomic E-state index is 0.703. The third kappa shape index (κ3) is 3.26. The van der Waals surface area contributed by atoms with Crippen LogP contribution >= 0.6 is 0 Å². The molecule has 4 rings (SSSR count). The molecule has 0 spiro atoms. The fraction of sp³-hybridized carbons (Fsp3) is 0. The van der Waals surface area contributed by atoms with Crippen LogP contribution in [0, 0.1) is 0 Å². The average Bonchev–Trinajstić information content (AvgIpc) is 2.66. The van der Waals surface area contributed by atoms with Gasteiger partial charge in [-0.1, -0.05) is 24.3 Å². The number of rotatable bonds is 4. The minimum Gasteiger partial charge on any atom is -0.457 e. The Balaban J connectivity index is 1.70. The van der Waals surface area contributed by atoms with E-state index in [0.29, 0.717) is 11.4 Å². The molecule has 0 saturated carbocycles. The molecular weight excluding hydrogens is 324 g/mol. The van der Waals surface area contributed by atoms with Gasteiger partial charge in [0.25, 0.3) is 0 Å². The van der Waals surface area contributed by atoms with Crippen molar-refractivity contribution in [3.05, 3.63) is 84.9 Å². The van der Waals surface area contributed by atoms with Crippen molar-refractivity contribution in [2.24, 2.45) is 0 Å². The van der Waals surface area contributed by atoms with Gasteiger partial charge in [-0.3, -0.25) is 0 Å². The lowest BCUT2D eigenvalue weighted by molar-refractivity contribution is 0.483. The largest absolute Gasteiger partial charge is 0.457 e. The highest BCUT2D eigenvalue weighted by Crippen LogP contribution is 2.36. The molecule has 0 unspecified atom stereocenters. The molecule has 0 aromatic heterocycles. The number of nitrogen functional groups attached to an aromatic ring is 2. The van der Waals surface area contributed by atoms with Crippen LogP contribution in [0.4, 0.5) is 11.4 Å². The van der Waals surface area contributed by atoms with Gasteiger partial charge in [0.2, 0.25) is 0 Å². The summed E-state index contributed by atoms with van der Waals surface area (Å²) in [6.45, 7) is 0. The molecule has 4 heteroatoms. The van der Waals surface area contributed by atoms with Gasteiger partial charge >= 0.3 is 0 Å². The van der Waals surface area contributed by atoms with E-state index in [-0.39, 0.29) is 0 Å². The van der Waals surface area contributed by atoms with Crippen LogP contribution in [0.2, 0.25) is 0 Å². The Kier molecular flexibility index (Phi) is 4.07. The predicted molar refractivity (Wildman–Crippen MR) is 106 cm³/mol. The van der Waals surface area contributed by atoms with E-state index in [0.717, 1.165) is 33.8 Å². The number of benzene rings is 4. The monoisotopic (exact) mass is 342 g/mol. The first kappa shape index (κ1) is 15.8. The molecule has 0 aliphatic carbocycles. The maximum Gasteiger partial charge on any atom is 0.135 e. The molecule has 0 aliphatic heterocycles. The van der Waals surface area contributed by atoms with Crippen LogP contribution in [-0.4, -0.2) is 0 Å². The van der Waals surface area contributed by atoms with Crippen molar-refractivity contribution in [2.45, 2.75) is 0 Å². The SMILES string of the molecule is Nc1ccc(Oc2cccc3c(Oc4ccc(N)cc4)cccc23)cc1. The number of anilines is 2. The highest BCUT2D eigenvalue weighted by atomic mass is 16.5. The van der Waals surface area contributed by atoms with Gasteiger partial charge in [0.15, 0.2) is 0 Å². The predicted octanol–water partition coefficient (Wildman–Crippen LogP) is 5.59. The van der Waals surface area contributed by atoms with Gasteiger partial charge in [-0.15, -0.1) is 0 Å². The summed E-state index contributed by atoms with van der Waals surface area (Å²) in [7, 11) is 0. The van der Waals surface area contributed by atoms with Gasteiger partial charge in [0.1, 0.15) is 23.0 Å². The topological polar surface area (TPSA) is 70.5 Å². The molecule has 0 bridgehead atoms. The summed E-state index contributed by atoms with van der Waals surface area (Å²) >= 11 is 0. The van der Waals surface area contributed by atoms with E-state index in [1.807, 2.05) is 84.9 Å². The highest BCUT2D eigenvalue weighted by molar-refractivity contribution is 5.93. The molecule has 26 heavy (non-hydrogen) atoms. The second-order valence-electron chi connectivity index (χ2n) is 5.95. The standard InChI is InChI=1S/C22H18N2O2/c23-15-7-11-17(12-8-15)25-21-5-1-3-19-20(21)4-2-6-22(19)26-18-13-9-16(24)10-14-18/h1-14H,23-24H2. The summed E-state index contributed by atoms with van der Waals surface area (Å²) < 4.78 is 12.1. The lowest BCUT2D eigenvalue weighted by Crippen LogP contribution is -1.90. The second kappa shape index (κ2) is 6.69. The van der Waals surface area contributed by atoms with E-state index in [9.17, 15) is 0 Å². The summed E-state index contributed by atoms with van der Waals surface area (Å²) in [6, 6.07) is 26.5. The Hall–Kier alpha value is -3.66. The van der Waals surface area contributed by atoms with Crippen LogP contribution in [0.15, 0.2) is 84.9 Å². The third-order valence-electron chi connectivity index (χ3n) is 4.06. The Morgan fingerprint density at radius 1 is 0.462 bits per heavy atom. The first-order chi connectivity index (χ1) is 12.7. The minimum atomic E-state index is 0.703. The Labute approximate surface area is 151 Å². The Morgan fingerprint density at radius 3 is 1.23 bits per heavy atom. The normalized spacial score (nSPS) is 10.6. The number of hydrogen-bond acceptors (Lipinski definition) is 4. The van der Waals surface area contributed by atoms with Crippen molar-refractivity contribution in [1.82, 2.24) is 0 Å². The second-order valence-corrected chi connectivity index (χ2v) is 5.95. The molecule has 0 radical (unpaired) electrons. The van der Waals surface area contributed by atoms with Crippen molar-refractivity contribution < 1.29 is 9.47 Å². The summed E-state index contributed by atoms with van der Waals surface area (Å²) in [6.07, 6.45) is 0. The number of nitrogens with two attached hydrogens (primary N) is 2. The zero-order chi connectivity index (χ0) is 17.9.